The topological polar surface area (TPSA) is 42.4 Å². The lowest BCUT2D eigenvalue weighted by molar-refractivity contribution is 0.0270. The minimum atomic E-state index is -0.526. The normalized spacial score (nSPS) is 15.7. The Balaban J connectivity index is 2.11. The molecule has 0 saturated carbocycles. The Bertz CT molecular complexity index is 561. The van der Waals surface area contributed by atoms with Crippen LogP contribution < -0.4 is 0 Å². The number of ether oxygens (including phenoxy) is 1. The van der Waals surface area contributed by atoms with Gasteiger partial charge in [0.05, 0.1) is 11.2 Å². The molecule has 0 unspecified atom stereocenters. The minimum Gasteiger partial charge on any atom is -0.444 e. The van der Waals surface area contributed by atoms with Crippen LogP contribution in [0.25, 0.3) is 5.57 Å². The quantitative estimate of drug-likeness (QED) is 0.790. The molecule has 1 aromatic rings. The van der Waals surface area contributed by atoms with E-state index >= 15 is 0 Å². The second kappa shape index (κ2) is 6.02. The third kappa shape index (κ3) is 3.94. The van der Waals surface area contributed by atoms with Gasteiger partial charge in [-0.25, -0.2) is 9.18 Å². The zero-order chi connectivity index (χ0) is 15.6. The molecule has 4 nitrogen and oxygen atoms in total. The van der Waals surface area contributed by atoms with Crippen LogP contribution in [-0.4, -0.2) is 34.7 Å². The average molecular weight is 313 g/mol. The van der Waals surface area contributed by atoms with Crippen LogP contribution in [-0.2, 0) is 4.74 Å². The van der Waals surface area contributed by atoms with E-state index in [2.05, 4.69) is 4.98 Å². The second-order valence-corrected chi connectivity index (χ2v) is 6.29. The van der Waals surface area contributed by atoms with Crippen LogP contribution in [0, 0.1) is 5.82 Å². The number of amides is 1. The number of hydrogen-bond acceptors (Lipinski definition) is 3. The van der Waals surface area contributed by atoms with E-state index in [1.165, 1.54) is 6.20 Å². The van der Waals surface area contributed by atoms with Crippen molar-refractivity contribution in [3.05, 3.63) is 34.9 Å². The van der Waals surface area contributed by atoms with Crippen LogP contribution in [0.3, 0.4) is 0 Å². The molecule has 0 aromatic carbocycles. The van der Waals surface area contributed by atoms with Gasteiger partial charge in [-0.3, -0.25) is 4.98 Å². The summed E-state index contributed by atoms with van der Waals surface area (Å²) in [7, 11) is 0. The number of pyridine rings is 1. The van der Waals surface area contributed by atoms with Crippen LogP contribution in [0.5, 0.6) is 0 Å². The van der Waals surface area contributed by atoms with Crippen LogP contribution in [0.15, 0.2) is 18.5 Å². The number of halogens is 2. The molecule has 0 saturated heterocycles. The van der Waals surface area contributed by atoms with Gasteiger partial charge in [-0.15, -0.1) is 0 Å². The first kappa shape index (κ1) is 15.8. The highest BCUT2D eigenvalue weighted by Gasteiger charge is 2.25. The van der Waals surface area contributed by atoms with Crippen LogP contribution in [0.2, 0.25) is 5.02 Å². The summed E-state index contributed by atoms with van der Waals surface area (Å²) in [5.41, 5.74) is 0.636. The van der Waals surface area contributed by atoms with E-state index < -0.39 is 11.4 Å². The van der Waals surface area contributed by atoms with Crippen molar-refractivity contribution in [3.8, 4) is 0 Å². The fraction of sp³-hybridized carbons (Fsp3) is 0.467. The van der Waals surface area contributed by atoms with E-state index in [-0.39, 0.29) is 11.1 Å². The monoisotopic (exact) mass is 312 g/mol. The number of aromatic nitrogens is 1. The Kier molecular flexibility index (Phi) is 4.52. The van der Waals surface area contributed by atoms with Gasteiger partial charge in [0.25, 0.3) is 0 Å². The zero-order valence-electron chi connectivity index (χ0n) is 12.3. The van der Waals surface area contributed by atoms with E-state index in [1.54, 1.807) is 11.0 Å². The van der Waals surface area contributed by atoms with Gasteiger partial charge in [0.2, 0.25) is 0 Å². The summed E-state index contributed by atoms with van der Waals surface area (Å²) in [6.07, 6.45) is 4.53. The molecule has 6 heteroatoms. The first-order valence-corrected chi connectivity index (χ1v) is 7.12. The summed E-state index contributed by atoms with van der Waals surface area (Å²) in [4.78, 5) is 17.2. The lowest BCUT2D eigenvalue weighted by atomic mass is 10.0. The SMILES string of the molecule is CC(C)(C)OC(=O)N1CC=C(c2c(F)cncc2Cl)CC1. The molecule has 0 spiro atoms. The fourth-order valence-corrected chi connectivity index (χ4v) is 2.37. The predicted octanol–water partition coefficient (Wildman–Crippen LogP) is 3.90. The molecule has 1 aliphatic heterocycles. The molecule has 1 amide bonds. The lowest BCUT2D eigenvalue weighted by Crippen LogP contribution is -2.39. The van der Waals surface area contributed by atoms with Crippen molar-refractivity contribution in [1.82, 2.24) is 9.88 Å². The molecular formula is C15H18ClFN2O2. The number of nitrogens with zero attached hydrogens (tertiary/aromatic N) is 2. The van der Waals surface area contributed by atoms with Gasteiger partial charge in [0, 0.05) is 24.8 Å². The predicted molar refractivity (Wildman–Crippen MR) is 79.6 cm³/mol. The molecule has 0 radical (unpaired) electrons. The summed E-state index contributed by atoms with van der Waals surface area (Å²) in [5, 5.41) is 0.284. The molecule has 114 valence electrons. The first-order valence-electron chi connectivity index (χ1n) is 6.74. The smallest absolute Gasteiger partial charge is 0.410 e. The van der Waals surface area contributed by atoms with E-state index in [1.807, 2.05) is 20.8 Å². The van der Waals surface area contributed by atoms with Crippen molar-refractivity contribution in [2.45, 2.75) is 32.8 Å². The highest BCUT2D eigenvalue weighted by molar-refractivity contribution is 6.32. The number of hydrogen-bond donors (Lipinski definition) is 0. The van der Waals surface area contributed by atoms with Gasteiger partial charge in [-0.2, -0.15) is 0 Å². The van der Waals surface area contributed by atoms with Crippen LogP contribution in [0.1, 0.15) is 32.8 Å². The average Bonchev–Trinajstić information content (AvgIpc) is 2.37. The summed E-state index contributed by atoms with van der Waals surface area (Å²) < 4.78 is 19.1. The van der Waals surface area contributed by atoms with Crippen molar-refractivity contribution in [1.29, 1.82) is 0 Å². The molecule has 0 atom stereocenters. The van der Waals surface area contributed by atoms with Crippen molar-refractivity contribution in [2.24, 2.45) is 0 Å². The first-order chi connectivity index (χ1) is 9.78. The van der Waals surface area contributed by atoms with Crippen molar-refractivity contribution in [2.75, 3.05) is 13.1 Å². The maximum atomic E-state index is 13.8. The summed E-state index contributed by atoms with van der Waals surface area (Å²) in [6, 6.07) is 0. The Hall–Kier alpha value is -1.62. The second-order valence-electron chi connectivity index (χ2n) is 5.88. The Morgan fingerprint density at radius 3 is 2.67 bits per heavy atom. The van der Waals surface area contributed by atoms with Crippen molar-refractivity contribution < 1.29 is 13.9 Å². The van der Waals surface area contributed by atoms with E-state index in [0.29, 0.717) is 25.1 Å². The highest BCUT2D eigenvalue weighted by Crippen LogP contribution is 2.30. The molecular weight excluding hydrogens is 295 g/mol. The third-order valence-electron chi connectivity index (χ3n) is 3.04. The third-order valence-corrected chi connectivity index (χ3v) is 3.32. The van der Waals surface area contributed by atoms with Gasteiger partial charge >= 0.3 is 6.09 Å². The zero-order valence-corrected chi connectivity index (χ0v) is 13.1. The summed E-state index contributed by atoms with van der Waals surface area (Å²) in [5.74, 6) is -0.445. The molecule has 0 fully saturated rings. The molecule has 0 N–H and O–H groups in total. The van der Waals surface area contributed by atoms with Crippen molar-refractivity contribution >= 4 is 23.3 Å². The Labute approximate surface area is 128 Å². The number of carbonyl (C=O) groups excluding carboxylic acids is 1. The fourth-order valence-electron chi connectivity index (χ4n) is 2.11. The highest BCUT2D eigenvalue weighted by atomic mass is 35.5. The molecule has 2 rings (SSSR count). The standard InChI is InChI=1S/C15H18ClFN2O2/c1-15(2,3)21-14(20)19-6-4-10(5-7-19)13-11(16)8-18-9-12(13)17/h4,8-9H,5-7H2,1-3H3. The minimum absolute atomic E-state index is 0.284. The maximum Gasteiger partial charge on any atom is 0.410 e. The molecule has 0 aliphatic carbocycles. The van der Waals surface area contributed by atoms with Crippen LogP contribution in [0.4, 0.5) is 9.18 Å². The summed E-state index contributed by atoms with van der Waals surface area (Å²) in [6.45, 7) is 6.31. The van der Waals surface area contributed by atoms with Gasteiger partial charge in [0.15, 0.2) is 0 Å². The van der Waals surface area contributed by atoms with Crippen molar-refractivity contribution in [3.63, 3.8) is 0 Å². The Morgan fingerprint density at radius 2 is 2.14 bits per heavy atom. The number of rotatable bonds is 1. The van der Waals surface area contributed by atoms with E-state index in [4.69, 9.17) is 16.3 Å². The van der Waals surface area contributed by atoms with Gasteiger partial charge in [-0.05, 0) is 32.8 Å². The summed E-state index contributed by atoms with van der Waals surface area (Å²) >= 11 is 6.00. The largest absolute Gasteiger partial charge is 0.444 e. The lowest BCUT2D eigenvalue weighted by Gasteiger charge is -2.29. The molecule has 0 bridgehead atoms. The van der Waals surface area contributed by atoms with Gasteiger partial charge in [0.1, 0.15) is 11.4 Å². The molecule has 21 heavy (non-hydrogen) atoms. The van der Waals surface area contributed by atoms with E-state index in [0.717, 1.165) is 11.8 Å². The van der Waals surface area contributed by atoms with E-state index in [9.17, 15) is 9.18 Å². The van der Waals surface area contributed by atoms with Gasteiger partial charge < -0.3 is 9.64 Å². The van der Waals surface area contributed by atoms with Crippen LogP contribution >= 0.6 is 11.6 Å². The van der Waals surface area contributed by atoms with Gasteiger partial charge in [-0.1, -0.05) is 17.7 Å². The Morgan fingerprint density at radius 1 is 1.43 bits per heavy atom. The maximum absolute atomic E-state index is 13.8. The molecule has 1 aromatic heterocycles. The molecule has 2 heterocycles. The molecule has 1 aliphatic rings. The number of carbonyl (C=O) groups is 1.